The quantitative estimate of drug-likeness (QED) is 0.607. The van der Waals surface area contributed by atoms with Crippen LogP contribution in [0.3, 0.4) is 0 Å². The molecule has 2 heteroatoms. The smallest absolute Gasteiger partial charge is 0.134 e. The lowest BCUT2D eigenvalue weighted by Crippen LogP contribution is -2.25. The maximum Gasteiger partial charge on any atom is 0.134 e. The molecule has 108 valence electrons. The Morgan fingerprint density at radius 3 is 2.32 bits per heavy atom. The Balaban J connectivity index is 2.81. The maximum atomic E-state index is 4.75. The van der Waals surface area contributed by atoms with E-state index in [2.05, 4.69) is 39.6 Å². The van der Waals surface area contributed by atoms with Gasteiger partial charge in [0.1, 0.15) is 5.82 Å². The van der Waals surface area contributed by atoms with Crippen molar-refractivity contribution in [3.8, 4) is 0 Å². The number of aromatic nitrogens is 2. The summed E-state index contributed by atoms with van der Waals surface area (Å²) in [7, 11) is 0. The van der Waals surface area contributed by atoms with Crippen molar-refractivity contribution in [2.24, 2.45) is 0 Å². The number of unbranched alkanes of at least 4 members (excludes halogenated alkanes) is 3. The molecule has 19 heavy (non-hydrogen) atoms. The molecule has 0 aliphatic rings. The van der Waals surface area contributed by atoms with Gasteiger partial charge in [-0.15, -0.1) is 0 Å². The first-order valence-electron chi connectivity index (χ1n) is 7.84. The van der Waals surface area contributed by atoms with E-state index in [0.29, 0.717) is 0 Å². The van der Waals surface area contributed by atoms with Crippen LogP contribution in [0.1, 0.15) is 82.8 Å². The van der Waals surface area contributed by atoms with E-state index >= 15 is 0 Å². The molecule has 1 aromatic heterocycles. The number of hydrogen-bond acceptors (Lipinski definition) is 2. The average Bonchev–Trinajstić information content (AvgIpc) is 2.38. The van der Waals surface area contributed by atoms with E-state index in [1.807, 2.05) is 6.20 Å². The van der Waals surface area contributed by atoms with Crippen molar-refractivity contribution in [1.82, 2.24) is 9.97 Å². The molecule has 2 nitrogen and oxygen atoms in total. The maximum absolute atomic E-state index is 4.75. The number of hydrogen-bond donors (Lipinski definition) is 0. The van der Waals surface area contributed by atoms with E-state index in [1.54, 1.807) is 0 Å². The molecule has 1 unspecified atom stereocenters. The van der Waals surface area contributed by atoms with Crippen LogP contribution >= 0.6 is 0 Å². The fraction of sp³-hybridized carbons (Fsp3) is 0.765. The minimum absolute atomic E-state index is 0.154. The molecule has 0 radical (unpaired) electrons. The summed E-state index contributed by atoms with van der Waals surface area (Å²) in [6.45, 7) is 11.0. The molecule has 0 N–H and O–H groups in total. The Labute approximate surface area is 119 Å². The van der Waals surface area contributed by atoms with Crippen molar-refractivity contribution < 1.29 is 0 Å². The summed E-state index contributed by atoms with van der Waals surface area (Å²) in [6.07, 6.45) is 10.8. The van der Waals surface area contributed by atoms with Crippen molar-refractivity contribution in [3.63, 3.8) is 0 Å². The Kier molecular flexibility index (Phi) is 6.47. The van der Waals surface area contributed by atoms with Gasteiger partial charge in [-0.25, -0.2) is 9.97 Å². The Morgan fingerprint density at radius 2 is 1.74 bits per heavy atom. The lowest BCUT2D eigenvalue weighted by Gasteiger charge is -2.28. The second-order valence-electron chi connectivity index (χ2n) is 6.08. The molecule has 0 aliphatic carbocycles. The second kappa shape index (κ2) is 7.62. The average molecular weight is 262 g/mol. The van der Waals surface area contributed by atoms with Gasteiger partial charge in [0.05, 0.1) is 0 Å². The molecule has 0 fully saturated rings. The monoisotopic (exact) mass is 262 g/mol. The first-order chi connectivity index (χ1) is 9.03. The zero-order chi connectivity index (χ0) is 14.3. The fourth-order valence-electron chi connectivity index (χ4n) is 2.66. The normalized spacial score (nSPS) is 14.4. The highest BCUT2D eigenvalue weighted by molar-refractivity contribution is 5.17. The molecule has 0 aliphatic heterocycles. The summed E-state index contributed by atoms with van der Waals surface area (Å²) in [5, 5.41) is 0. The topological polar surface area (TPSA) is 25.8 Å². The lowest BCUT2D eigenvalue weighted by atomic mass is 9.79. The van der Waals surface area contributed by atoms with Crippen LogP contribution in [0.5, 0.6) is 0 Å². The van der Waals surface area contributed by atoms with Gasteiger partial charge in [0.2, 0.25) is 0 Å². The molecule has 0 saturated heterocycles. The summed E-state index contributed by atoms with van der Waals surface area (Å²) in [4.78, 5) is 9.37. The summed E-state index contributed by atoms with van der Waals surface area (Å²) in [5.74, 6) is 1.05. The second-order valence-corrected chi connectivity index (χ2v) is 6.08. The van der Waals surface area contributed by atoms with Gasteiger partial charge in [0, 0.05) is 17.3 Å². The van der Waals surface area contributed by atoms with Crippen LogP contribution in [0.2, 0.25) is 0 Å². The number of nitrogens with zero attached hydrogens (tertiary/aromatic N) is 2. The molecule has 0 amide bonds. The van der Waals surface area contributed by atoms with Crippen molar-refractivity contribution in [2.45, 2.75) is 85.0 Å². The Bertz CT molecular complexity index is 387. The zero-order valence-electron chi connectivity index (χ0n) is 13.4. The minimum atomic E-state index is 0.154. The summed E-state index contributed by atoms with van der Waals surface area (Å²) >= 11 is 0. The van der Waals surface area contributed by atoms with Crippen LogP contribution in [-0.4, -0.2) is 9.97 Å². The van der Waals surface area contributed by atoms with Crippen LogP contribution < -0.4 is 0 Å². The van der Waals surface area contributed by atoms with Gasteiger partial charge in [0.25, 0.3) is 0 Å². The molecule has 0 saturated carbocycles. The van der Waals surface area contributed by atoms with Gasteiger partial charge in [-0.3, -0.25) is 0 Å². The molecule has 0 aromatic carbocycles. The van der Waals surface area contributed by atoms with Gasteiger partial charge < -0.3 is 0 Å². The van der Waals surface area contributed by atoms with Crippen molar-refractivity contribution in [3.05, 3.63) is 23.3 Å². The SMILES string of the molecule is CCCCCCC(C)(CCC)c1ncc(C)c(C)n1. The molecular weight excluding hydrogens is 232 g/mol. The molecule has 1 heterocycles. The molecule has 1 aromatic rings. The van der Waals surface area contributed by atoms with E-state index in [1.165, 1.54) is 50.5 Å². The van der Waals surface area contributed by atoms with Gasteiger partial charge >= 0.3 is 0 Å². The first kappa shape index (κ1) is 16.1. The van der Waals surface area contributed by atoms with E-state index in [0.717, 1.165) is 11.5 Å². The predicted molar refractivity (Wildman–Crippen MR) is 82.5 cm³/mol. The number of rotatable bonds is 8. The molecule has 0 spiro atoms. The molecule has 1 atom stereocenters. The Hall–Kier alpha value is -0.920. The fourth-order valence-corrected chi connectivity index (χ4v) is 2.66. The molecule has 1 rings (SSSR count). The standard InChI is InChI=1S/C17H30N2/c1-6-8-9-10-12-17(5,11-7-2)16-18-13-14(3)15(4)19-16/h13H,6-12H2,1-5H3. The van der Waals surface area contributed by atoms with Crippen molar-refractivity contribution in [2.75, 3.05) is 0 Å². The molecule has 0 bridgehead atoms. The van der Waals surface area contributed by atoms with Crippen LogP contribution in [-0.2, 0) is 5.41 Å². The third-order valence-corrected chi connectivity index (χ3v) is 4.15. The highest BCUT2D eigenvalue weighted by Gasteiger charge is 2.28. The molecular formula is C17H30N2. The van der Waals surface area contributed by atoms with Gasteiger partial charge in [-0.2, -0.15) is 0 Å². The largest absolute Gasteiger partial charge is 0.240 e. The van der Waals surface area contributed by atoms with E-state index in [4.69, 9.17) is 4.98 Å². The summed E-state index contributed by atoms with van der Waals surface area (Å²) in [6, 6.07) is 0. The van der Waals surface area contributed by atoms with Crippen LogP contribution in [0.25, 0.3) is 0 Å². The summed E-state index contributed by atoms with van der Waals surface area (Å²) < 4.78 is 0. The third-order valence-electron chi connectivity index (χ3n) is 4.15. The Morgan fingerprint density at radius 1 is 1.00 bits per heavy atom. The van der Waals surface area contributed by atoms with E-state index in [9.17, 15) is 0 Å². The van der Waals surface area contributed by atoms with Crippen LogP contribution in [0.15, 0.2) is 6.20 Å². The van der Waals surface area contributed by atoms with Gasteiger partial charge in [-0.05, 0) is 32.3 Å². The summed E-state index contributed by atoms with van der Waals surface area (Å²) in [5.41, 5.74) is 2.47. The third kappa shape index (κ3) is 4.59. The van der Waals surface area contributed by atoms with Crippen molar-refractivity contribution in [1.29, 1.82) is 0 Å². The van der Waals surface area contributed by atoms with E-state index < -0.39 is 0 Å². The zero-order valence-corrected chi connectivity index (χ0v) is 13.4. The van der Waals surface area contributed by atoms with E-state index in [-0.39, 0.29) is 5.41 Å². The minimum Gasteiger partial charge on any atom is -0.240 e. The highest BCUT2D eigenvalue weighted by atomic mass is 14.9. The van der Waals surface area contributed by atoms with Gasteiger partial charge in [-0.1, -0.05) is 52.9 Å². The van der Waals surface area contributed by atoms with Crippen molar-refractivity contribution >= 4 is 0 Å². The number of aryl methyl sites for hydroxylation is 2. The first-order valence-corrected chi connectivity index (χ1v) is 7.84. The van der Waals surface area contributed by atoms with Crippen LogP contribution in [0, 0.1) is 13.8 Å². The highest BCUT2D eigenvalue weighted by Crippen LogP contribution is 2.32. The van der Waals surface area contributed by atoms with Gasteiger partial charge in [0.15, 0.2) is 0 Å². The predicted octanol–water partition coefficient (Wildman–Crippen LogP) is 5.12. The lowest BCUT2D eigenvalue weighted by molar-refractivity contribution is 0.356. The van der Waals surface area contributed by atoms with Crippen LogP contribution in [0.4, 0.5) is 0 Å².